The Bertz CT molecular complexity index is 506. The number of nitrogens with one attached hydrogen (secondary N) is 1. The Morgan fingerprint density at radius 2 is 1.00 bits per heavy atom. The van der Waals surface area contributed by atoms with Crippen molar-refractivity contribution in [3.8, 4) is 11.1 Å². The van der Waals surface area contributed by atoms with E-state index in [2.05, 4.69) is 81.2 Å². The van der Waals surface area contributed by atoms with Gasteiger partial charge in [-0.15, -0.1) is 0 Å². The third kappa shape index (κ3) is 5.31. The fraction of sp³-hybridized carbons (Fsp3) is 0.143. The molecule has 0 atom stereocenters. The first kappa shape index (κ1) is 17.4. The lowest BCUT2D eigenvalue weighted by molar-refractivity contribution is 1.02. The quantitative estimate of drug-likeness (QED) is 0.475. The van der Waals surface area contributed by atoms with Crippen LogP contribution in [-0.2, 0) is 0 Å². The lowest BCUT2D eigenvalue weighted by atomic mass is 10.1. The molecule has 2 aromatic carbocycles. The van der Waals surface area contributed by atoms with E-state index in [1.165, 1.54) is 11.1 Å². The van der Waals surface area contributed by atoms with Crippen LogP contribution in [-0.4, -0.2) is 14.1 Å². The zero-order valence-electron chi connectivity index (χ0n) is 10.5. The van der Waals surface area contributed by atoms with E-state index in [1.807, 2.05) is 38.4 Å². The van der Waals surface area contributed by atoms with Gasteiger partial charge in [-0.3, -0.25) is 0 Å². The monoisotopic (exact) mass is 511 g/mol. The van der Waals surface area contributed by atoms with Gasteiger partial charge >= 0.3 is 0 Å². The Morgan fingerprint density at radius 3 is 1.26 bits per heavy atom. The summed E-state index contributed by atoms with van der Waals surface area (Å²) in [6.07, 6.45) is 0. The van der Waals surface area contributed by atoms with Crippen molar-refractivity contribution < 1.29 is 0 Å². The molecule has 19 heavy (non-hydrogen) atoms. The third-order valence-corrected chi connectivity index (χ3v) is 4.45. The predicted molar refractivity (Wildman–Crippen MR) is 97.7 cm³/mol. The van der Waals surface area contributed by atoms with Crippen LogP contribution in [0.5, 0.6) is 0 Å². The number of hydrogen-bond donors (Lipinski definition) is 1. The van der Waals surface area contributed by atoms with Crippen LogP contribution in [0, 0.1) is 0 Å². The molecule has 0 aliphatic carbocycles. The summed E-state index contributed by atoms with van der Waals surface area (Å²) in [5.41, 5.74) is 2.34. The van der Waals surface area contributed by atoms with Gasteiger partial charge < -0.3 is 5.32 Å². The Hall–Kier alpha value is 0.320. The van der Waals surface area contributed by atoms with Crippen LogP contribution in [0.25, 0.3) is 11.1 Å². The molecule has 0 spiro atoms. The van der Waals surface area contributed by atoms with Crippen molar-refractivity contribution in [2.24, 2.45) is 0 Å². The summed E-state index contributed by atoms with van der Waals surface area (Å²) in [5, 5.41) is 2.75. The van der Waals surface area contributed by atoms with E-state index in [0.717, 1.165) is 17.9 Å². The summed E-state index contributed by atoms with van der Waals surface area (Å²) < 4.78 is 4.28. The molecule has 0 aliphatic rings. The second-order valence-electron chi connectivity index (χ2n) is 3.75. The highest BCUT2D eigenvalue weighted by Gasteiger charge is 2.07. The molecule has 0 fully saturated rings. The van der Waals surface area contributed by atoms with Crippen molar-refractivity contribution >= 4 is 63.7 Å². The molecule has 0 saturated carbocycles. The smallest absolute Gasteiger partial charge is 0.0265 e. The van der Waals surface area contributed by atoms with Crippen molar-refractivity contribution in [2.45, 2.75) is 0 Å². The first-order chi connectivity index (χ1) is 8.99. The van der Waals surface area contributed by atoms with Gasteiger partial charge in [0.1, 0.15) is 0 Å². The SMILES string of the molecule is Brc1ccc(-c2ccc(Br)cc2Br)c(Br)c1.CNC. The maximum Gasteiger partial charge on any atom is 0.0265 e. The third-order valence-electron chi connectivity index (χ3n) is 2.15. The molecule has 5 heteroatoms. The van der Waals surface area contributed by atoms with E-state index >= 15 is 0 Å². The molecule has 2 aromatic rings. The molecule has 0 radical (unpaired) electrons. The summed E-state index contributed by atoms with van der Waals surface area (Å²) in [4.78, 5) is 0. The number of halogens is 4. The summed E-state index contributed by atoms with van der Waals surface area (Å²) >= 11 is 14.0. The lowest BCUT2D eigenvalue weighted by Crippen LogP contribution is -1.89. The molecule has 2 rings (SSSR count). The van der Waals surface area contributed by atoms with Gasteiger partial charge in [0, 0.05) is 17.9 Å². The van der Waals surface area contributed by atoms with Crippen LogP contribution in [0.15, 0.2) is 54.3 Å². The second-order valence-corrected chi connectivity index (χ2v) is 7.29. The minimum Gasteiger partial charge on any atom is -0.323 e. The van der Waals surface area contributed by atoms with Gasteiger partial charge in [-0.25, -0.2) is 0 Å². The zero-order valence-corrected chi connectivity index (χ0v) is 16.8. The topological polar surface area (TPSA) is 12.0 Å². The van der Waals surface area contributed by atoms with Crippen molar-refractivity contribution in [1.29, 1.82) is 0 Å². The number of benzene rings is 2. The molecule has 0 amide bonds. The summed E-state index contributed by atoms with van der Waals surface area (Å²) in [5.74, 6) is 0. The molecular weight excluding hydrogens is 502 g/mol. The van der Waals surface area contributed by atoms with E-state index in [-0.39, 0.29) is 0 Å². The highest BCUT2D eigenvalue weighted by atomic mass is 79.9. The molecule has 1 N–H and O–H groups in total. The van der Waals surface area contributed by atoms with Crippen LogP contribution in [0.4, 0.5) is 0 Å². The van der Waals surface area contributed by atoms with Gasteiger partial charge in [0.25, 0.3) is 0 Å². The van der Waals surface area contributed by atoms with Crippen molar-refractivity contribution in [3.63, 3.8) is 0 Å². The van der Waals surface area contributed by atoms with Gasteiger partial charge in [0.15, 0.2) is 0 Å². The predicted octanol–water partition coefficient (Wildman–Crippen LogP) is 6.24. The molecule has 0 bridgehead atoms. The minimum absolute atomic E-state index is 1.07. The normalized spacial score (nSPS) is 9.79. The average Bonchev–Trinajstić information content (AvgIpc) is 2.31. The largest absolute Gasteiger partial charge is 0.323 e. The van der Waals surface area contributed by atoms with Gasteiger partial charge in [0.2, 0.25) is 0 Å². The molecule has 1 nitrogen and oxygen atoms in total. The Kier molecular flexibility index (Phi) is 7.84. The zero-order chi connectivity index (χ0) is 14.4. The molecular formula is C14H13Br4N. The van der Waals surface area contributed by atoms with Gasteiger partial charge in [-0.2, -0.15) is 0 Å². The Morgan fingerprint density at radius 1 is 0.684 bits per heavy atom. The number of hydrogen-bond acceptors (Lipinski definition) is 1. The van der Waals surface area contributed by atoms with Crippen molar-refractivity contribution in [3.05, 3.63) is 54.3 Å². The summed E-state index contributed by atoms with van der Waals surface area (Å²) in [6, 6.07) is 12.3. The Labute approximate surface area is 147 Å². The number of rotatable bonds is 1. The highest BCUT2D eigenvalue weighted by molar-refractivity contribution is 9.11. The molecule has 102 valence electrons. The van der Waals surface area contributed by atoms with Gasteiger partial charge in [-0.1, -0.05) is 75.9 Å². The van der Waals surface area contributed by atoms with Crippen molar-refractivity contribution in [1.82, 2.24) is 5.32 Å². The summed E-state index contributed by atoms with van der Waals surface area (Å²) in [7, 11) is 3.75. The molecule has 0 unspecified atom stereocenters. The first-order valence-electron chi connectivity index (χ1n) is 5.48. The fourth-order valence-electron chi connectivity index (χ4n) is 1.42. The van der Waals surface area contributed by atoms with E-state index in [0.29, 0.717) is 0 Å². The van der Waals surface area contributed by atoms with Gasteiger partial charge in [-0.05, 0) is 49.5 Å². The van der Waals surface area contributed by atoms with Crippen LogP contribution in [0.2, 0.25) is 0 Å². The maximum atomic E-state index is 3.57. The molecule has 0 saturated heterocycles. The van der Waals surface area contributed by atoms with Crippen LogP contribution < -0.4 is 5.32 Å². The second kappa shape index (κ2) is 8.57. The fourth-order valence-corrected chi connectivity index (χ4v) is 3.94. The standard InChI is InChI=1S/C12H6Br4.C2H7N/c13-7-1-3-9(11(15)5-7)10-4-2-8(14)6-12(10)16;1-3-2/h1-6H;3H,1-2H3. The Balaban J connectivity index is 0.000000550. The van der Waals surface area contributed by atoms with E-state index in [4.69, 9.17) is 0 Å². The van der Waals surface area contributed by atoms with Crippen LogP contribution in [0.1, 0.15) is 0 Å². The lowest BCUT2D eigenvalue weighted by Gasteiger charge is -2.08. The molecule has 0 aromatic heterocycles. The van der Waals surface area contributed by atoms with Crippen LogP contribution >= 0.6 is 63.7 Å². The van der Waals surface area contributed by atoms with E-state index in [1.54, 1.807) is 0 Å². The van der Waals surface area contributed by atoms with Crippen LogP contribution in [0.3, 0.4) is 0 Å². The van der Waals surface area contributed by atoms with Gasteiger partial charge in [0.05, 0.1) is 0 Å². The minimum atomic E-state index is 1.07. The summed E-state index contributed by atoms with van der Waals surface area (Å²) in [6.45, 7) is 0. The van der Waals surface area contributed by atoms with E-state index in [9.17, 15) is 0 Å². The molecule has 0 aliphatic heterocycles. The maximum absolute atomic E-state index is 3.57. The van der Waals surface area contributed by atoms with Crippen molar-refractivity contribution in [2.75, 3.05) is 14.1 Å². The highest BCUT2D eigenvalue weighted by Crippen LogP contribution is 2.36. The average molecular weight is 515 g/mol. The molecule has 0 heterocycles. The first-order valence-corrected chi connectivity index (χ1v) is 8.65. The van der Waals surface area contributed by atoms with E-state index < -0.39 is 0 Å².